The summed E-state index contributed by atoms with van der Waals surface area (Å²) >= 11 is 1.65. The zero-order valence-electron chi connectivity index (χ0n) is 21.8. The number of carbonyl (C=O) groups is 1. The molecule has 4 rings (SSSR count). The molecule has 4 aromatic rings. The van der Waals surface area contributed by atoms with Crippen molar-refractivity contribution in [1.82, 2.24) is 10.3 Å². The molecule has 2 aromatic heterocycles. The highest BCUT2D eigenvalue weighted by Gasteiger charge is 2.19. The van der Waals surface area contributed by atoms with Crippen LogP contribution in [0.2, 0.25) is 0 Å². The molecule has 2 aromatic carbocycles. The first kappa shape index (κ1) is 27.5. The van der Waals surface area contributed by atoms with Gasteiger partial charge >= 0.3 is 0 Å². The second kappa shape index (κ2) is 13.3. The summed E-state index contributed by atoms with van der Waals surface area (Å²) in [6.07, 6.45) is 5.00. The van der Waals surface area contributed by atoms with E-state index in [9.17, 15) is 9.90 Å². The number of hydrogen-bond acceptors (Lipinski definition) is 5. The SMILES string of the molecule is CC(C)Oc1ccc(C#Cc2ccc(CCCCO)s2)cc1C(=O)N[C@@H](CO)Cc1c[nH]c2ccccc12. The Labute approximate surface area is 227 Å². The molecule has 0 spiro atoms. The Hall–Kier alpha value is -3.57. The molecule has 1 atom stereocenters. The van der Waals surface area contributed by atoms with E-state index in [0.717, 1.165) is 40.6 Å². The molecule has 0 fully saturated rings. The Balaban J connectivity index is 1.51. The number of unbranched alkanes of at least 4 members (excludes halogenated alkanes) is 1. The van der Waals surface area contributed by atoms with Crippen molar-refractivity contribution in [2.24, 2.45) is 0 Å². The normalized spacial score (nSPS) is 11.8. The first-order chi connectivity index (χ1) is 18.5. The quantitative estimate of drug-likeness (QED) is 0.161. The summed E-state index contributed by atoms with van der Waals surface area (Å²) in [5.41, 5.74) is 3.15. The second-order valence-corrected chi connectivity index (χ2v) is 10.7. The fraction of sp³-hybridized carbons (Fsp3) is 0.323. The number of aryl methyl sites for hydroxylation is 1. The number of thiophene rings is 1. The molecule has 0 unspecified atom stereocenters. The number of aliphatic hydroxyl groups is 2. The minimum absolute atomic E-state index is 0.103. The number of carbonyl (C=O) groups excluding carboxylic acids is 1. The monoisotopic (exact) mass is 530 g/mol. The van der Waals surface area contributed by atoms with Crippen LogP contribution in [0.4, 0.5) is 0 Å². The van der Waals surface area contributed by atoms with E-state index in [1.807, 2.05) is 56.4 Å². The number of nitrogens with one attached hydrogen (secondary N) is 2. The van der Waals surface area contributed by atoms with E-state index in [4.69, 9.17) is 9.84 Å². The standard InChI is InChI=1S/C31H34N2O4S/c1-21(2)37-30-15-11-22(10-12-26-14-13-25(38-26)7-5-6-16-34)17-28(30)31(36)33-24(20-35)18-23-19-32-29-9-4-3-8-27(23)29/h3-4,8-9,11,13-15,17,19,21,24,32,34-35H,5-7,16,18,20H2,1-2H3,(H,33,36)/t24-/m1/s1. The summed E-state index contributed by atoms with van der Waals surface area (Å²) in [7, 11) is 0. The van der Waals surface area contributed by atoms with Crippen LogP contribution in [0.5, 0.6) is 5.75 Å². The van der Waals surface area contributed by atoms with E-state index in [1.165, 1.54) is 4.88 Å². The molecule has 2 heterocycles. The van der Waals surface area contributed by atoms with Crippen LogP contribution in [0.1, 0.15) is 57.9 Å². The van der Waals surface area contributed by atoms with E-state index in [-0.39, 0.29) is 25.2 Å². The molecule has 0 aliphatic carbocycles. The van der Waals surface area contributed by atoms with Gasteiger partial charge in [-0.25, -0.2) is 0 Å². The van der Waals surface area contributed by atoms with Crippen LogP contribution >= 0.6 is 11.3 Å². The number of fused-ring (bicyclic) bond motifs is 1. The lowest BCUT2D eigenvalue weighted by Crippen LogP contribution is -2.39. The van der Waals surface area contributed by atoms with Gasteiger partial charge in [0.25, 0.3) is 5.91 Å². The predicted octanol–water partition coefficient (Wildman–Crippen LogP) is 5.06. The number of rotatable bonds is 11. The summed E-state index contributed by atoms with van der Waals surface area (Å²) in [6, 6.07) is 17.0. The van der Waals surface area contributed by atoms with Crippen LogP contribution in [-0.2, 0) is 12.8 Å². The topological polar surface area (TPSA) is 94.6 Å². The number of H-pyrrole nitrogens is 1. The summed E-state index contributed by atoms with van der Waals surface area (Å²) in [5.74, 6) is 6.54. The van der Waals surface area contributed by atoms with Gasteiger partial charge in [-0.1, -0.05) is 30.0 Å². The van der Waals surface area contributed by atoms with Crippen LogP contribution in [-0.4, -0.2) is 46.5 Å². The molecule has 7 heteroatoms. The van der Waals surface area contributed by atoms with Gasteiger partial charge in [0, 0.05) is 34.1 Å². The maximum Gasteiger partial charge on any atom is 0.255 e. The lowest BCUT2D eigenvalue weighted by molar-refractivity contribution is 0.0910. The van der Waals surface area contributed by atoms with Crippen molar-refractivity contribution in [1.29, 1.82) is 0 Å². The van der Waals surface area contributed by atoms with Crippen molar-refractivity contribution in [3.63, 3.8) is 0 Å². The Bertz CT molecular complexity index is 1430. The van der Waals surface area contributed by atoms with Gasteiger partial charge in [-0.15, -0.1) is 11.3 Å². The molecular formula is C31H34N2O4S. The Morgan fingerprint density at radius 1 is 1.08 bits per heavy atom. The lowest BCUT2D eigenvalue weighted by atomic mass is 10.0. The smallest absolute Gasteiger partial charge is 0.255 e. The Morgan fingerprint density at radius 2 is 1.92 bits per heavy atom. The largest absolute Gasteiger partial charge is 0.490 e. The number of aliphatic hydroxyl groups excluding tert-OH is 2. The molecule has 0 radical (unpaired) electrons. The average molecular weight is 531 g/mol. The number of hydrogen-bond donors (Lipinski definition) is 4. The average Bonchev–Trinajstić information content (AvgIpc) is 3.54. The third-order valence-electron chi connectivity index (χ3n) is 6.11. The second-order valence-electron chi connectivity index (χ2n) is 9.49. The molecule has 0 aliphatic rings. The van der Waals surface area contributed by atoms with Gasteiger partial charge in [0.2, 0.25) is 0 Å². The summed E-state index contributed by atoms with van der Waals surface area (Å²) in [4.78, 5) is 18.8. The van der Waals surface area contributed by atoms with Crippen LogP contribution in [0.3, 0.4) is 0 Å². The number of aromatic nitrogens is 1. The minimum Gasteiger partial charge on any atom is -0.490 e. The van der Waals surface area contributed by atoms with Gasteiger partial charge in [0.05, 0.1) is 29.2 Å². The zero-order chi connectivity index (χ0) is 26.9. The summed E-state index contributed by atoms with van der Waals surface area (Å²) < 4.78 is 5.92. The number of aromatic amines is 1. The number of ether oxygens (including phenoxy) is 1. The lowest BCUT2D eigenvalue weighted by Gasteiger charge is -2.19. The van der Waals surface area contributed by atoms with Crippen LogP contribution in [0.25, 0.3) is 10.9 Å². The first-order valence-corrected chi connectivity index (χ1v) is 13.8. The number of amides is 1. The van der Waals surface area contributed by atoms with Gasteiger partial charge in [0.1, 0.15) is 5.75 Å². The summed E-state index contributed by atoms with van der Waals surface area (Å²) in [6.45, 7) is 3.85. The van der Waals surface area contributed by atoms with E-state index in [1.54, 1.807) is 23.5 Å². The number of para-hydroxylation sites is 1. The fourth-order valence-electron chi connectivity index (χ4n) is 4.26. The van der Waals surface area contributed by atoms with Crippen molar-refractivity contribution in [3.8, 4) is 17.6 Å². The molecule has 1 amide bonds. The van der Waals surface area contributed by atoms with Crippen molar-refractivity contribution in [2.45, 2.75) is 51.7 Å². The van der Waals surface area contributed by atoms with Gasteiger partial charge in [-0.3, -0.25) is 4.79 Å². The number of benzene rings is 2. The Kier molecular flexibility index (Phi) is 9.61. The van der Waals surface area contributed by atoms with Gasteiger partial charge in [-0.2, -0.15) is 0 Å². The molecular weight excluding hydrogens is 496 g/mol. The van der Waals surface area contributed by atoms with Crippen molar-refractivity contribution < 1.29 is 19.7 Å². The van der Waals surface area contributed by atoms with Gasteiger partial charge in [-0.05, 0) is 81.5 Å². The highest BCUT2D eigenvalue weighted by Crippen LogP contribution is 2.24. The van der Waals surface area contributed by atoms with E-state index in [0.29, 0.717) is 23.3 Å². The van der Waals surface area contributed by atoms with Crippen molar-refractivity contribution >= 4 is 28.1 Å². The third kappa shape index (κ3) is 7.26. The van der Waals surface area contributed by atoms with Gasteiger partial charge < -0.3 is 25.3 Å². The first-order valence-electron chi connectivity index (χ1n) is 13.0. The molecule has 0 saturated carbocycles. The third-order valence-corrected chi connectivity index (χ3v) is 7.17. The molecule has 6 nitrogen and oxygen atoms in total. The predicted molar refractivity (Wildman–Crippen MR) is 153 cm³/mol. The van der Waals surface area contributed by atoms with E-state index in [2.05, 4.69) is 28.2 Å². The van der Waals surface area contributed by atoms with Crippen LogP contribution in [0, 0.1) is 11.8 Å². The maximum atomic E-state index is 13.4. The molecule has 0 bridgehead atoms. The molecule has 38 heavy (non-hydrogen) atoms. The van der Waals surface area contributed by atoms with E-state index >= 15 is 0 Å². The van der Waals surface area contributed by atoms with Crippen molar-refractivity contribution in [2.75, 3.05) is 13.2 Å². The van der Waals surface area contributed by atoms with Crippen LogP contribution in [0.15, 0.2) is 60.8 Å². The zero-order valence-corrected chi connectivity index (χ0v) is 22.6. The maximum absolute atomic E-state index is 13.4. The van der Waals surface area contributed by atoms with E-state index < -0.39 is 6.04 Å². The highest BCUT2D eigenvalue weighted by atomic mass is 32.1. The molecule has 4 N–H and O–H groups in total. The Morgan fingerprint density at radius 3 is 2.71 bits per heavy atom. The molecule has 198 valence electrons. The molecule has 0 saturated heterocycles. The van der Waals surface area contributed by atoms with Crippen LogP contribution < -0.4 is 10.1 Å². The summed E-state index contributed by atoms with van der Waals surface area (Å²) in [5, 5.41) is 23.1. The highest BCUT2D eigenvalue weighted by molar-refractivity contribution is 7.12. The molecule has 0 aliphatic heterocycles. The van der Waals surface area contributed by atoms with Crippen molar-refractivity contribution in [3.05, 3.63) is 87.2 Å². The minimum atomic E-state index is -0.460. The fourth-order valence-corrected chi connectivity index (χ4v) is 5.16. The van der Waals surface area contributed by atoms with Gasteiger partial charge in [0.15, 0.2) is 0 Å².